The number of carboxylic acids is 1. The van der Waals surface area contributed by atoms with Crippen LogP contribution >= 0.6 is 7.82 Å². The lowest BCUT2D eigenvalue weighted by Gasteiger charge is -2.20. The van der Waals surface area contributed by atoms with Crippen LogP contribution in [0.3, 0.4) is 0 Å². The van der Waals surface area contributed by atoms with Crippen LogP contribution in [0.2, 0.25) is 0 Å². The average molecular weight is 726 g/mol. The van der Waals surface area contributed by atoms with Gasteiger partial charge in [-0.25, -0.2) is 4.57 Å². The van der Waals surface area contributed by atoms with Crippen LogP contribution in [0.1, 0.15) is 129 Å². The number of carbonyl (C=O) groups is 3. The van der Waals surface area contributed by atoms with Gasteiger partial charge in [0.15, 0.2) is 6.10 Å². The van der Waals surface area contributed by atoms with Crippen molar-refractivity contribution in [2.75, 3.05) is 19.8 Å². The van der Waals surface area contributed by atoms with E-state index in [-0.39, 0.29) is 19.4 Å². The Bertz CT molecular complexity index is 1090. The molecule has 0 saturated heterocycles. The van der Waals surface area contributed by atoms with Gasteiger partial charge in [-0.2, -0.15) is 0 Å². The second-order valence-electron chi connectivity index (χ2n) is 12.1. The van der Waals surface area contributed by atoms with Crippen molar-refractivity contribution in [2.24, 2.45) is 5.73 Å². The lowest BCUT2D eigenvalue weighted by Crippen LogP contribution is -2.34. The van der Waals surface area contributed by atoms with Gasteiger partial charge in [0, 0.05) is 12.8 Å². The van der Waals surface area contributed by atoms with Gasteiger partial charge < -0.3 is 25.2 Å². The van der Waals surface area contributed by atoms with Crippen molar-refractivity contribution in [1.82, 2.24) is 0 Å². The number of esters is 2. The highest BCUT2D eigenvalue weighted by Crippen LogP contribution is 2.43. The summed E-state index contributed by atoms with van der Waals surface area (Å²) in [4.78, 5) is 45.6. The highest BCUT2D eigenvalue weighted by Gasteiger charge is 2.28. The Morgan fingerprint density at radius 3 is 1.66 bits per heavy atom. The number of phosphoric acid groups is 1. The second-order valence-corrected chi connectivity index (χ2v) is 13.6. The summed E-state index contributed by atoms with van der Waals surface area (Å²) in [5, 5.41) is 8.85. The molecule has 3 atom stereocenters. The molecular weight excluding hydrogens is 661 g/mol. The minimum Gasteiger partial charge on any atom is -0.480 e. The lowest BCUT2D eigenvalue weighted by atomic mass is 10.0. The number of hydrogen-bond donors (Lipinski definition) is 3. The molecule has 0 aliphatic rings. The first-order valence-corrected chi connectivity index (χ1v) is 19.9. The molecule has 0 aliphatic carbocycles. The van der Waals surface area contributed by atoms with Crippen LogP contribution in [-0.2, 0) is 37.5 Å². The number of carbonyl (C=O) groups excluding carboxylic acids is 2. The molecule has 0 aromatic heterocycles. The zero-order valence-electron chi connectivity index (χ0n) is 30.5. The fourth-order valence-corrected chi connectivity index (χ4v) is 5.28. The van der Waals surface area contributed by atoms with E-state index < -0.39 is 51.1 Å². The zero-order chi connectivity index (χ0) is 37.1. The highest BCUT2D eigenvalue weighted by atomic mass is 31.2. The van der Waals surface area contributed by atoms with Gasteiger partial charge in [-0.05, 0) is 25.7 Å². The highest BCUT2D eigenvalue weighted by molar-refractivity contribution is 7.47. The van der Waals surface area contributed by atoms with Gasteiger partial charge in [0.05, 0.1) is 13.2 Å². The second kappa shape index (κ2) is 33.3. The standard InChI is InChI=1S/C38H64NO10P/c1-3-5-7-9-11-13-15-17-19-21-23-25-27-29-36(40)46-31-34(32-47-50(44,45)48-33-35(39)38(42)43)49-37(41)30-28-26-24-22-20-18-16-14-12-10-8-6-4-2/h6,8,10,12,14,16,18,20,22,24,34-35H,3-5,7,9,11,13,15,17,19,21,23,25-33,39H2,1-2H3,(H,42,43)(H,44,45)/b8-6+,12-10+,16-14+,20-18+,24-22+/t34?,35-/m0/s1. The molecule has 4 N–H and O–H groups in total. The van der Waals surface area contributed by atoms with Gasteiger partial charge >= 0.3 is 25.7 Å². The summed E-state index contributed by atoms with van der Waals surface area (Å²) >= 11 is 0. The predicted octanol–water partition coefficient (Wildman–Crippen LogP) is 8.83. The molecule has 0 aliphatic heterocycles. The third kappa shape index (κ3) is 32.4. The van der Waals surface area contributed by atoms with Crippen LogP contribution < -0.4 is 5.73 Å². The fraction of sp³-hybridized carbons (Fsp3) is 0.658. The molecule has 0 fully saturated rings. The number of rotatable bonds is 33. The van der Waals surface area contributed by atoms with Crippen molar-refractivity contribution in [3.05, 3.63) is 60.8 Å². The number of aliphatic carboxylic acids is 1. The first kappa shape index (κ1) is 47.2. The Morgan fingerprint density at radius 1 is 0.640 bits per heavy atom. The number of phosphoric ester groups is 1. The third-order valence-electron chi connectivity index (χ3n) is 7.41. The predicted molar refractivity (Wildman–Crippen MR) is 198 cm³/mol. The summed E-state index contributed by atoms with van der Waals surface area (Å²) in [6, 6.07) is -1.53. The molecule has 0 rings (SSSR count). The Balaban J connectivity index is 4.59. The van der Waals surface area contributed by atoms with Crippen molar-refractivity contribution in [1.29, 1.82) is 0 Å². The SMILES string of the molecule is CC/C=C/C=C/C=C/C=C/C=C/CCCC(=O)OC(COC(=O)CCCCCCCCCCCCCCC)COP(=O)(O)OC[C@H](N)C(=O)O. The molecular formula is C38H64NO10P. The molecule has 0 heterocycles. The van der Waals surface area contributed by atoms with Crippen LogP contribution in [0.25, 0.3) is 0 Å². The van der Waals surface area contributed by atoms with Crippen molar-refractivity contribution < 1.29 is 47.5 Å². The first-order valence-electron chi connectivity index (χ1n) is 18.4. The number of ether oxygens (including phenoxy) is 2. The van der Waals surface area contributed by atoms with Crippen molar-refractivity contribution >= 4 is 25.7 Å². The maximum Gasteiger partial charge on any atom is 0.472 e. The first-order chi connectivity index (χ1) is 24.1. The molecule has 0 bridgehead atoms. The number of hydrogen-bond acceptors (Lipinski definition) is 9. The van der Waals surface area contributed by atoms with Crippen LogP contribution in [-0.4, -0.2) is 59.9 Å². The van der Waals surface area contributed by atoms with Gasteiger partial charge in [0.25, 0.3) is 0 Å². The van der Waals surface area contributed by atoms with E-state index in [4.69, 9.17) is 24.8 Å². The molecule has 0 saturated carbocycles. The molecule has 11 nitrogen and oxygen atoms in total. The topological polar surface area (TPSA) is 172 Å². The summed E-state index contributed by atoms with van der Waals surface area (Å²) in [6.07, 6.45) is 36.0. The molecule has 0 radical (unpaired) electrons. The van der Waals surface area contributed by atoms with Crippen LogP contribution in [0, 0.1) is 0 Å². The van der Waals surface area contributed by atoms with Crippen molar-refractivity contribution in [2.45, 2.75) is 142 Å². The van der Waals surface area contributed by atoms with Gasteiger partial charge in [-0.3, -0.25) is 23.4 Å². The number of unbranched alkanes of at least 4 members (excludes halogenated alkanes) is 13. The third-order valence-corrected chi connectivity index (χ3v) is 8.36. The Hall–Kier alpha value is -2.82. The lowest BCUT2D eigenvalue weighted by molar-refractivity contribution is -0.161. The van der Waals surface area contributed by atoms with E-state index >= 15 is 0 Å². The molecule has 50 heavy (non-hydrogen) atoms. The van der Waals surface area contributed by atoms with E-state index in [0.29, 0.717) is 19.3 Å². The van der Waals surface area contributed by atoms with Gasteiger partial charge in [-0.1, -0.05) is 152 Å². The summed E-state index contributed by atoms with van der Waals surface area (Å²) in [5.74, 6) is -2.48. The normalized spacial score (nSPS) is 14.6. The number of nitrogens with two attached hydrogens (primary N) is 1. The molecule has 0 aromatic rings. The van der Waals surface area contributed by atoms with E-state index in [2.05, 4.69) is 24.4 Å². The fourth-order valence-electron chi connectivity index (χ4n) is 4.51. The molecule has 0 aromatic carbocycles. The Kier molecular flexibility index (Phi) is 31.5. The van der Waals surface area contributed by atoms with E-state index in [1.807, 2.05) is 54.7 Å². The zero-order valence-corrected chi connectivity index (χ0v) is 31.4. The van der Waals surface area contributed by atoms with E-state index in [0.717, 1.165) is 25.7 Å². The molecule has 0 spiro atoms. The minimum absolute atomic E-state index is 0.0637. The monoisotopic (exact) mass is 725 g/mol. The molecule has 286 valence electrons. The van der Waals surface area contributed by atoms with Gasteiger partial charge in [0.2, 0.25) is 0 Å². The smallest absolute Gasteiger partial charge is 0.472 e. The van der Waals surface area contributed by atoms with Crippen LogP contribution in [0.4, 0.5) is 0 Å². The van der Waals surface area contributed by atoms with E-state index in [1.54, 1.807) is 0 Å². The Labute approximate surface area is 300 Å². The van der Waals surface area contributed by atoms with Gasteiger partial charge in [-0.15, -0.1) is 0 Å². The maximum atomic E-state index is 12.5. The minimum atomic E-state index is -4.73. The Morgan fingerprint density at radius 2 is 1.12 bits per heavy atom. The quantitative estimate of drug-likeness (QED) is 0.0255. The maximum absolute atomic E-state index is 12.5. The van der Waals surface area contributed by atoms with E-state index in [1.165, 1.54) is 57.8 Å². The van der Waals surface area contributed by atoms with Crippen molar-refractivity contribution in [3.8, 4) is 0 Å². The summed E-state index contributed by atoms with van der Waals surface area (Å²) < 4.78 is 32.4. The molecule has 0 amide bonds. The number of allylic oxidation sites excluding steroid dienone is 10. The summed E-state index contributed by atoms with van der Waals surface area (Å²) in [7, 11) is -4.73. The summed E-state index contributed by atoms with van der Waals surface area (Å²) in [6.45, 7) is 2.55. The summed E-state index contributed by atoms with van der Waals surface area (Å²) in [5.41, 5.74) is 5.30. The number of carboxylic acid groups (broad SMARTS) is 1. The van der Waals surface area contributed by atoms with Gasteiger partial charge in [0.1, 0.15) is 12.6 Å². The van der Waals surface area contributed by atoms with Crippen LogP contribution in [0.15, 0.2) is 60.8 Å². The van der Waals surface area contributed by atoms with Crippen LogP contribution in [0.5, 0.6) is 0 Å². The largest absolute Gasteiger partial charge is 0.480 e. The van der Waals surface area contributed by atoms with Crippen molar-refractivity contribution in [3.63, 3.8) is 0 Å². The molecule has 12 heteroatoms. The average Bonchev–Trinajstić information content (AvgIpc) is 3.09. The molecule has 2 unspecified atom stereocenters. The van der Waals surface area contributed by atoms with E-state index in [9.17, 15) is 23.8 Å².